The van der Waals surface area contributed by atoms with Crippen LogP contribution in [-0.2, 0) is 6.42 Å². The van der Waals surface area contributed by atoms with Crippen LogP contribution in [0.4, 0.5) is 4.39 Å². The molecule has 0 bridgehead atoms. The summed E-state index contributed by atoms with van der Waals surface area (Å²) in [6.45, 7) is 5.82. The van der Waals surface area contributed by atoms with Crippen LogP contribution in [0.15, 0.2) is 24.3 Å². The van der Waals surface area contributed by atoms with Crippen molar-refractivity contribution in [1.82, 2.24) is 4.90 Å². The van der Waals surface area contributed by atoms with Crippen LogP contribution < -0.4 is 0 Å². The molecule has 1 aliphatic rings. The summed E-state index contributed by atoms with van der Waals surface area (Å²) in [6, 6.07) is 7.20. The van der Waals surface area contributed by atoms with Crippen molar-refractivity contribution < 1.29 is 4.39 Å². The highest BCUT2D eigenvalue weighted by molar-refractivity contribution is 5.17. The van der Waals surface area contributed by atoms with Gasteiger partial charge in [0.1, 0.15) is 5.82 Å². The van der Waals surface area contributed by atoms with Crippen molar-refractivity contribution in [3.05, 3.63) is 35.6 Å². The maximum absolute atomic E-state index is 13.5. The molecule has 1 aromatic carbocycles. The van der Waals surface area contributed by atoms with E-state index in [4.69, 9.17) is 0 Å². The molecular weight excluding hydrogens is 213 g/mol. The van der Waals surface area contributed by atoms with Gasteiger partial charge in [0.15, 0.2) is 0 Å². The summed E-state index contributed by atoms with van der Waals surface area (Å²) in [5, 5.41) is 0. The Morgan fingerprint density at radius 2 is 1.94 bits per heavy atom. The molecule has 17 heavy (non-hydrogen) atoms. The predicted molar refractivity (Wildman–Crippen MR) is 69.6 cm³/mol. The molecule has 2 heteroatoms. The third kappa shape index (κ3) is 3.53. The van der Waals surface area contributed by atoms with Crippen molar-refractivity contribution in [1.29, 1.82) is 0 Å². The SMILES string of the molecule is CCCN1CCC(Cc2ccccc2F)CC1. The van der Waals surface area contributed by atoms with Crippen LogP contribution >= 0.6 is 0 Å². The highest BCUT2D eigenvalue weighted by atomic mass is 19.1. The molecule has 1 saturated heterocycles. The van der Waals surface area contributed by atoms with Crippen LogP contribution in [0, 0.1) is 11.7 Å². The standard InChI is InChI=1S/C15H22FN/c1-2-9-17-10-7-13(8-11-17)12-14-5-3-4-6-15(14)16/h3-6,13H,2,7-12H2,1H3. The van der Waals surface area contributed by atoms with Crippen molar-refractivity contribution in [2.75, 3.05) is 19.6 Å². The van der Waals surface area contributed by atoms with Gasteiger partial charge in [-0.15, -0.1) is 0 Å². The fourth-order valence-corrected chi connectivity index (χ4v) is 2.71. The highest BCUT2D eigenvalue weighted by Crippen LogP contribution is 2.22. The van der Waals surface area contributed by atoms with Gasteiger partial charge in [-0.3, -0.25) is 0 Å². The minimum atomic E-state index is -0.0384. The van der Waals surface area contributed by atoms with E-state index in [0.29, 0.717) is 5.92 Å². The molecule has 2 rings (SSSR count). The number of benzene rings is 1. The van der Waals surface area contributed by atoms with Crippen molar-refractivity contribution in [2.45, 2.75) is 32.6 Å². The van der Waals surface area contributed by atoms with Crippen LogP contribution in [-0.4, -0.2) is 24.5 Å². The summed E-state index contributed by atoms with van der Waals surface area (Å²) < 4.78 is 13.5. The fourth-order valence-electron chi connectivity index (χ4n) is 2.71. The first-order valence-corrected chi connectivity index (χ1v) is 6.75. The van der Waals surface area contributed by atoms with Crippen molar-refractivity contribution >= 4 is 0 Å². The Labute approximate surface area is 104 Å². The first-order valence-electron chi connectivity index (χ1n) is 6.75. The number of hydrogen-bond acceptors (Lipinski definition) is 1. The molecule has 1 heterocycles. The first kappa shape index (κ1) is 12.6. The van der Waals surface area contributed by atoms with E-state index in [1.807, 2.05) is 12.1 Å². The number of likely N-dealkylation sites (tertiary alicyclic amines) is 1. The van der Waals surface area contributed by atoms with Gasteiger partial charge in [0.25, 0.3) is 0 Å². The molecule has 94 valence electrons. The minimum Gasteiger partial charge on any atom is -0.303 e. The molecule has 0 N–H and O–H groups in total. The molecule has 0 spiro atoms. The monoisotopic (exact) mass is 235 g/mol. The summed E-state index contributed by atoms with van der Waals surface area (Å²) in [5.41, 5.74) is 0.890. The van der Waals surface area contributed by atoms with E-state index in [0.717, 1.165) is 12.0 Å². The lowest BCUT2D eigenvalue weighted by atomic mass is 9.90. The third-order valence-corrected chi connectivity index (χ3v) is 3.71. The van der Waals surface area contributed by atoms with Gasteiger partial charge in [0.05, 0.1) is 0 Å². The molecule has 0 saturated carbocycles. The Bertz CT molecular complexity index is 343. The van der Waals surface area contributed by atoms with Crippen LogP contribution in [0.1, 0.15) is 31.7 Å². The smallest absolute Gasteiger partial charge is 0.126 e. The molecule has 0 aromatic heterocycles. The zero-order chi connectivity index (χ0) is 12.1. The van der Waals surface area contributed by atoms with E-state index in [1.165, 1.54) is 38.9 Å². The normalized spacial score (nSPS) is 18.5. The average molecular weight is 235 g/mol. The number of halogens is 1. The highest BCUT2D eigenvalue weighted by Gasteiger charge is 2.19. The molecule has 0 aliphatic carbocycles. The fraction of sp³-hybridized carbons (Fsp3) is 0.600. The molecule has 0 unspecified atom stereocenters. The van der Waals surface area contributed by atoms with Gasteiger partial charge in [-0.05, 0) is 62.9 Å². The maximum atomic E-state index is 13.5. The van der Waals surface area contributed by atoms with Gasteiger partial charge in [-0.2, -0.15) is 0 Å². The van der Waals surface area contributed by atoms with Crippen LogP contribution in [0.5, 0.6) is 0 Å². The Morgan fingerprint density at radius 1 is 1.24 bits per heavy atom. The van der Waals surface area contributed by atoms with Gasteiger partial charge < -0.3 is 4.90 Å². The lowest BCUT2D eigenvalue weighted by Crippen LogP contribution is -2.34. The summed E-state index contributed by atoms with van der Waals surface area (Å²) in [4.78, 5) is 2.53. The predicted octanol–water partition coefficient (Wildman–Crippen LogP) is 3.49. The molecule has 0 amide bonds. The van der Waals surface area contributed by atoms with E-state index in [2.05, 4.69) is 11.8 Å². The van der Waals surface area contributed by atoms with E-state index >= 15 is 0 Å². The molecule has 1 nitrogen and oxygen atoms in total. The topological polar surface area (TPSA) is 3.24 Å². The summed E-state index contributed by atoms with van der Waals surface area (Å²) in [7, 11) is 0. The number of rotatable bonds is 4. The Kier molecular flexibility index (Phi) is 4.55. The molecular formula is C15H22FN. The average Bonchev–Trinajstić information content (AvgIpc) is 2.35. The molecule has 0 atom stereocenters. The van der Waals surface area contributed by atoms with Crippen LogP contribution in [0.25, 0.3) is 0 Å². The summed E-state index contributed by atoms with van der Waals surface area (Å²) in [5.74, 6) is 0.628. The van der Waals surface area contributed by atoms with E-state index in [1.54, 1.807) is 12.1 Å². The van der Waals surface area contributed by atoms with Crippen LogP contribution in [0.3, 0.4) is 0 Å². The summed E-state index contributed by atoms with van der Waals surface area (Å²) >= 11 is 0. The van der Waals surface area contributed by atoms with Crippen molar-refractivity contribution in [3.8, 4) is 0 Å². The lowest BCUT2D eigenvalue weighted by molar-refractivity contribution is 0.184. The first-order chi connectivity index (χ1) is 8.29. The van der Waals surface area contributed by atoms with Crippen LogP contribution in [0.2, 0.25) is 0 Å². The van der Waals surface area contributed by atoms with Gasteiger partial charge >= 0.3 is 0 Å². The Hall–Kier alpha value is -0.890. The van der Waals surface area contributed by atoms with Gasteiger partial charge in [0.2, 0.25) is 0 Å². The maximum Gasteiger partial charge on any atom is 0.126 e. The van der Waals surface area contributed by atoms with Gasteiger partial charge in [-0.25, -0.2) is 4.39 Å². The second-order valence-corrected chi connectivity index (χ2v) is 5.08. The van der Waals surface area contributed by atoms with Crippen molar-refractivity contribution in [2.24, 2.45) is 5.92 Å². The third-order valence-electron chi connectivity index (χ3n) is 3.71. The van der Waals surface area contributed by atoms with E-state index < -0.39 is 0 Å². The van der Waals surface area contributed by atoms with Crippen molar-refractivity contribution in [3.63, 3.8) is 0 Å². The summed E-state index contributed by atoms with van der Waals surface area (Å²) in [6.07, 6.45) is 4.58. The Morgan fingerprint density at radius 3 is 2.59 bits per heavy atom. The Balaban J connectivity index is 1.84. The molecule has 1 aliphatic heterocycles. The molecule has 1 aromatic rings. The number of hydrogen-bond donors (Lipinski definition) is 0. The lowest BCUT2D eigenvalue weighted by Gasteiger charge is -2.31. The largest absolute Gasteiger partial charge is 0.303 e. The van der Waals surface area contributed by atoms with Gasteiger partial charge in [-0.1, -0.05) is 25.1 Å². The zero-order valence-corrected chi connectivity index (χ0v) is 10.7. The second kappa shape index (κ2) is 6.15. The van der Waals surface area contributed by atoms with E-state index in [-0.39, 0.29) is 5.82 Å². The van der Waals surface area contributed by atoms with E-state index in [9.17, 15) is 4.39 Å². The minimum absolute atomic E-state index is 0.0384. The number of nitrogens with zero attached hydrogens (tertiary/aromatic N) is 1. The molecule has 1 fully saturated rings. The zero-order valence-electron chi connectivity index (χ0n) is 10.7. The number of piperidine rings is 1. The quantitative estimate of drug-likeness (QED) is 0.772. The van der Waals surface area contributed by atoms with Gasteiger partial charge in [0, 0.05) is 0 Å². The second-order valence-electron chi connectivity index (χ2n) is 5.08. The molecule has 0 radical (unpaired) electrons.